The maximum absolute atomic E-state index is 12.6. The van der Waals surface area contributed by atoms with E-state index >= 15 is 0 Å². The van der Waals surface area contributed by atoms with Crippen molar-refractivity contribution in [3.63, 3.8) is 0 Å². The smallest absolute Gasteiger partial charge is 0.410 e. The van der Waals surface area contributed by atoms with Gasteiger partial charge in [-0.05, 0) is 58.4 Å². The van der Waals surface area contributed by atoms with Crippen LogP contribution in [0, 0.1) is 5.92 Å². The van der Waals surface area contributed by atoms with Crippen molar-refractivity contribution >= 4 is 18.0 Å². The Morgan fingerprint density at radius 3 is 2.29 bits per heavy atom. The molecule has 234 valence electrons. The molecule has 2 fully saturated rings. The van der Waals surface area contributed by atoms with E-state index in [1.54, 1.807) is 6.07 Å². The van der Waals surface area contributed by atoms with Crippen molar-refractivity contribution < 1.29 is 42.8 Å². The number of carbonyl (C=O) groups excluding carboxylic acids is 3. The van der Waals surface area contributed by atoms with Crippen molar-refractivity contribution in [1.82, 2.24) is 9.80 Å². The van der Waals surface area contributed by atoms with Crippen LogP contribution in [-0.2, 0) is 18.9 Å². The van der Waals surface area contributed by atoms with Crippen LogP contribution in [0.4, 0.5) is 4.79 Å². The van der Waals surface area contributed by atoms with E-state index in [1.165, 1.54) is 20.3 Å². The van der Waals surface area contributed by atoms with Crippen LogP contribution in [0.25, 0.3) is 0 Å². The maximum Gasteiger partial charge on any atom is 0.410 e. The highest BCUT2D eigenvalue weighted by molar-refractivity contribution is 6.05. The summed E-state index contributed by atoms with van der Waals surface area (Å²) in [5, 5.41) is 0. The van der Waals surface area contributed by atoms with Crippen molar-refractivity contribution in [3.8, 4) is 11.5 Å². The highest BCUT2D eigenvalue weighted by atomic mass is 16.6. The number of methoxy groups -OCH3 is 2. The minimum atomic E-state index is -0.675. The second kappa shape index (κ2) is 14.4. The van der Waals surface area contributed by atoms with Gasteiger partial charge in [0, 0.05) is 57.7 Å². The van der Waals surface area contributed by atoms with Gasteiger partial charge in [-0.1, -0.05) is 0 Å². The monoisotopic (exact) mass is 590 g/mol. The van der Waals surface area contributed by atoms with E-state index in [2.05, 4.69) is 4.90 Å². The van der Waals surface area contributed by atoms with E-state index in [1.807, 2.05) is 25.7 Å². The molecule has 0 radical (unpaired) electrons. The van der Waals surface area contributed by atoms with Gasteiger partial charge in [0.25, 0.3) is 0 Å². The first-order valence-corrected chi connectivity index (χ1v) is 15.0. The zero-order valence-electron chi connectivity index (χ0n) is 25.6. The molecule has 5 rings (SSSR count). The third-order valence-electron chi connectivity index (χ3n) is 7.98. The summed E-state index contributed by atoms with van der Waals surface area (Å²) in [4.78, 5) is 42.0. The third-order valence-corrected chi connectivity index (χ3v) is 7.98. The second-order valence-electron chi connectivity index (χ2n) is 12.3. The van der Waals surface area contributed by atoms with Crippen molar-refractivity contribution in [2.24, 2.45) is 5.92 Å². The fraction of sp³-hybridized carbons (Fsp3) is 0.710. The van der Waals surface area contributed by atoms with Gasteiger partial charge in [0.05, 0.1) is 33.0 Å². The number of carbonyl (C=O) groups is 3. The Labute approximate surface area is 248 Å². The second-order valence-corrected chi connectivity index (χ2v) is 12.3. The summed E-state index contributed by atoms with van der Waals surface area (Å²) >= 11 is 0. The van der Waals surface area contributed by atoms with Crippen LogP contribution in [0.1, 0.15) is 80.0 Å². The number of fused-ring (bicyclic) bond motifs is 8. The maximum atomic E-state index is 12.6. The fourth-order valence-corrected chi connectivity index (χ4v) is 5.63. The molecular formula is C31H46N2O9. The van der Waals surface area contributed by atoms with Gasteiger partial charge in [0.1, 0.15) is 28.8 Å². The lowest BCUT2D eigenvalue weighted by atomic mass is 9.86. The van der Waals surface area contributed by atoms with E-state index in [0.717, 1.165) is 45.2 Å². The highest BCUT2D eigenvalue weighted by Gasteiger charge is 2.37. The van der Waals surface area contributed by atoms with Crippen LogP contribution in [0.3, 0.4) is 0 Å². The molecule has 3 heterocycles. The summed E-state index contributed by atoms with van der Waals surface area (Å²) in [5.41, 5.74) is -0.411. The number of esters is 2. The van der Waals surface area contributed by atoms with Gasteiger partial charge in [-0.2, -0.15) is 0 Å². The first-order valence-electron chi connectivity index (χ1n) is 15.0. The van der Waals surface area contributed by atoms with Gasteiger partial charge in [0.15, 0.2) is 0 Å². The average molecular weight is 591 g/mol. The van der Waals surface area contributed by atoms with Gasteiger partial charge in [-0.15, -0.1) is 0 Å². The number of nitrogens with zero attached hydrogens (tertiary/aromatic N) is 2. The number of hydrogen-bond acceptors (Lipinski definition) is 10. The van der Waals surface area contributed by atoms with Crippen LogP contribution >= 0.6 is 0 Å². The number of likely N-dealkylation sites (tertiary alicyclic amines) is 1. The molecule has 0 unspecified atom stereocenters. The normalized spacial score (nSPS) is 22.6. The number of rotatable bonds is 4. The molecule has 11 nitrogen and oxygen atoms in total. The Bertz CT molecular complexity index is 1090. The van der Waals surface area contributed by atoms with Crippen LogP contribution in [0.5, 0.6) is 11.5 Å². The van der Waals surface area contributed by atoms with Crippen LogP contribution in [-0.4, -0.2) is 106 Å². The van der Waals surface area contributed by atoms with Crippen molar-refractivity contribution in [1.29, 1.82) is 0 Å². The molecule has 0 N–H and O–H groups in total. The molecule has 42 heavy (non-hydrogen) atoms. The molecule has 1 aromatic rings. The minimum Gasteiger partial charge on any atom is -0.493 e. The number of ether oxygens (including phenoxy) is 6. The third kappa shape index (κ3) is 8.50. The zero-order chi connectivity index (χ0) is 30.3. The topological polar surface area (TPSA) is 113 Å². The lowest BCUT2D eigenvalue weighted by molar-refractivity contribution is -0.0131. The Morgan fingerprint density at radius 2 is 1.62 bits per heavy atom. The average Bonchev–Trinajstić information content (AvgIpc) is 2.93. The number of amides is 1. The molecule has 0 atom stereocenters. The molecule has 1 saturated heterocycles. The highest BCUT2D eigenvalue weighted by Crippen LogP contribution is 2.36. The van der Waals surface area contributed by atoms with Gasteiger partial charge in [-0.3, -0.25) is 4.90 Å². The Morgan fingerprint density at radius 1 is 0.929 bits per heavy atom. The largest absolute Gasteiger partial charge is 0.493 e. The summed E-state index contributed by atoms with van der Waals surface area (Å²) in [6.07, 6.45) is 4.78. The van der Waals surface area contributed by atoms with Crippen molar-refractivity contribution in [2.45, 2.75) is 77.0 Å². The van der Waals surface area contributed by atoms with Crippen LogP contribution in [0.2, 0.25) is 0 Å². The lowest BCUT2D eigenvalue weighted by Gasteiger charge is -2.45. The summed E-state index contributed by atoms with van der Waals surface area (Å²) in [5.74, 6) is -0.154. The predicted molar refractivity (Wildman–Crippen MR) is 154 cm³/mol. The van der Waals surface area contributed by atoms with Gasteiger partial charge >= 0.3 is 18.0 Å². The molecular weight excluding hydrogens is 544 g/mol. The number of benzene rings is 1. The van der Waals surface area contributed by atoms with E-state index < -0.39 is 17.5 Å². The van der Waals surface area contributed by atoms with Crippen LogP contribution in [0.15, 0.2) is 12.1 Å². The Kier molecular flexibility index (Phi) is 10.9. The number of piperidine rings is 1. The molecule has 0 aromatic heterocycles. The van der Waals surface area contributed by atoms with Crippen molar-refractivity contribution in [3.05, 3.63) is 23.3 Å². The van der Waals surface area contributed by atoms with E-state index in [-0.39, 0.29) is 29.1 Å². The standard InChI is InChI=1S/C31H46N2O9/c1-31(2,3)42-30(36)32-10-8-21(9-11-32)20-33-12-15-39-13-6-7-14-40-26-19-24(41-23-16-22(33)17-23)18-25(28(34)37-4)27(26)29(35)38-5/h18-19,21-23H,6-17,20H2,1-5H3. The van der Waals surface area contributed by atoms with E-state index in [9.17, 15) is 14.4 Å². The molecule has 4 aliphatic rings. The molecule has 11 heteroatoms. The molecule has 1 amide bonds. The van der Waals surface area contributed by atoms with Gasteiger partial charge < -0.3 is 33.3 Å². The van der Waals surface area contributed by atoms with E-state index in [0.29, 0.717) is 57.0 Å². The first-order chi connectivity index (χ1) is 20.1. The first kappa shape index (κ1) is 31.9. The van der Waals surface area contributed by atoms with Gasteiger partial charge in [0.2, 0.25) is 0 Å². The number of hydrogen-bond donors (Lipinski definition) is 0. The predicted octanol–water partition coefficient (Wildman–Crippen LogP) is 4.31. The molecule has 1 aliphatic carbocycles. The van der Waals surface area contributed by atoms with E-state index in [4.69, 9.17) is 28.4 Å². The molecule has 0 spiro atoms. The minimum absolute atomic E-state index is 0.0319. The molecule has 1 aromatic carbocycles. The summed E-state index contributed by atoms with van der Waals surface area (Å²) in [6, 6.07) is 3.54. The molecule has 3 aliphatic heterocycles. The summed E-state index contributed by atoms with van der Waals surface area (Å²) in [7, 11) is 2.53. The fourth-order valence-electron chi connectivity index (χ4n) is 5.63. The van der Waals surface area contributed by atoms with Gasteiger partial charge in [-0.25, -0.2) is 14.4 Å². The quantitative estimate of drug-likeness (QED) is 0.371. The van der Waals surface area contributed by atoms with Crippen LogP contribution < -0.4 is 9.47 Å². The Hall–Kier alpha value is -3.05. The zero-order valence-corrected chi connectivity index (χ0v) is 25.6. The SMILES string of the molecule is COC(=O)c1cc2cc(c1C(=O)OC)OCCCCOCCN(CC1CCN(C(=O)OC(C)(C)C)CC1)C1CC(C1)O2. The Balaban J connectivity index is 1.43. The van der Waals surface area contributed by atoms with Crippen molar-refractivity contribution in [2.75, 3.05) is 60.2 Å². The lowest BCUT2D eigenvalue weighted by Crippen LogP contribution is -2.52. The molecule has 4 bridgehead atoms. The summed E-state index contributed by atoms with van der Waals surface area (Å²) in [6.45, 7) is 10.5. The molecule has 1 saturated carbocycles. The summed E-state index contributed by atoms with van der Waals surface area (Å²) < 4.78 is 33.6.